The predicted molar refractivity (Wildman–Crippen MR) is 76.9 cm³/mol. The Hall–Kier alpha value is -1.86. The first-order valence-electron chi connectivity index (χ1n) is 7.11. The zero-order valence-corrected chi connectivity index (χ0v) is 10.1. The van der Waals surface area contributed by atoms with Crippen LogP contribution in [0, 0.1) is 0 Å². The monoisotopic (exact) mass is 238 g/mol. The minimum Gasteiger partial charge on any atom is -0.396 e. The van der Waals surface area contributed by atoms with Crippen molar-refractivity contribution in [1.82, 2.24) is 0 Å². The quantitative estimate of drug-likeness (QED) is 0.686. The van der Waals surface area contributed by atoms with Crippen molar-refractivity contribution >= 4 is 21.5 Å². The molecule has 0 radical (unpaired) electrons. The van der Waals surface area contributed by atoms with Gasteiger partial charge in [0, 0.05) is 9.35 Å². The fourth-order valence-electron chi connectivity index (χ4n) is 2.48. The average molecular weight is 238 g/mol. The van der Waals surface area contributed by atoms with Gasteiger partial charge in [0.25, 0.3) is 0 Å². The van der Waals surface area contributed by atoms with E-state index < -0.39 is 13.0 Å². The van der Waals surface area contributed by atoms with Crippen molar-refractivity contribution in [1.29, 1.82) is 0 Å². The summed E-state index contributed by atoms with van der Waals surface area (Å²) in [5.41, 5.74) is 0.970. The van der Waals surface area contributed by atoms with Crippen LogP contribution in [0.25, 0.3) is 21.5 Å². The molecule has 3 aromatic rings. The second-order valence-corrected chi connectivity index (χ2v) is 4.38. The van der Waals surface area contributed by atoms with Crippen LogP contribution in [0.4, 0.5) is 0 Å². The van der Waals surface area contributed by atoms with E-state index in [9.17, 15) is 5.11 Å². The predicted octanol–water partition coefficient (Wildman–Crippen LogP) is 3.92. The molecule has 0 aliphatic rings. The second-order valence-electron chi connectivity index (χ2n) is 4.38. The van der Waals surface area contributed by atoms with Gasteiger partial charge >= 0.3 is 0 Å². The van der Waals surface area contributed by atoms with Crippen LogP contribution >= 0.6 is 0 Å². The van der Waals surface area contributed by atoms with Gasteiger partial charge in [0.15, 0.2) is 0 Å². The molecule has 0 fully saturated rings. The molecule has 0 aromatic heterocycles. The summed E-state index contributed by atoms with van der Waals surface area (Å²) >= 11 is 0. The maximum atomic E-state index is 9.22. The van der Waals surface area contributed by atoms with Crippen LogP contribution in [0.15, 0.2) is 54.6 Å². The van der Waals surface area contributed by atoms with Gasteiger partial charge in [-0.1, -0.05) is 48.5 Å². The molecule has 3 rings (SSSR count). The first kappa shape index (κ1) is 9.12. The van der Waals surface area contributed by atoms with Crippen LogP contribution in [-0.2, 0) is 6.42 Å². The van der Waals surface area contributed by atoms with Crippen LogP contribution < -0.4 is 0 Å². The molecule has 0 saturated heterocycles. The molecule has 0 amide bonds. The summed E-state index contributed by atoms with van der Waals surface area (Å²) in [7, 11) is 0. The van der Waals surface area contributed by atoms with Gasteiger partial charge in [-0.2, -0.15) is 0 Å². The summed E-state index contributed by atoms with van der Waals surface area (Å²) in [4.78, 5) is 0. The first-order chi connectivity index (χ1) is 9.61. The minimum atomic E-state index is -1.60. The fraction of sp³-hybridized carbons (Fsp3) is 0.176. The van der Waals surface area contributed by atoms with Gasteiger partial charge in [-0.3, -0.25) is 0 Å². The highest BCUT2D eigenvalue weighted by molar-refractivity contribution is 6.02. The topological polar surface area (TPSA) is 20.2 Å². The van der Waals surface area contributed by atoms with Crippen molar-refractivity contribution < 1.29 is 7.85 Å². The SMILES string of the molecule is [2H]C([2H])(CO)Cc1c2ccccc2cc2ccccc12. The van der Waals surface area contributed by atoms with Gasteiger partial charge in [-0.25, -0.2) is 0 Å². The number of fused-ring (bicyclic) bond motifs is 2. The smallest absolute Gasteiger partial charge is 0.0434 e. The molecule has 0 saturated carbocycles. The van der Waals surface area contributed by atoms with Crippen LogP contribution in [0.1, 0.15) is 14.7 Å². The summed E-state index contributed by atoms with van der Waals surface area (Å²) in [5.74, 6) is 0. The van der Waals surface area contributed by atoms with E-state index in [1.807, 2.05) is 48.5 Å². The summed E-state index contributed by atoms with van der Waals surface area (Å²) in [6, 6.07) is 18.2. The largest absolute Gasteiger partial charge is 0.396 e. The van der Waals surface area contributed by atoms with E-state index in [1.165, 1.54) is 0 Å². The molecule has 1 N–H and O–H groups in total. The Labute approximate surface area is 109 Å². The van der Waals surface area contributed by atoms with E-state index in [4.69, 9.17) is 2.74 Å². The lowest BCUT2D eigenvalue weighted by Gasteiger charge is -2.10. The molecular formula is C17H16O. The zero-order valence-electron chi connectivity index (χ0n) is 12.1. The highest BCUT2D eigenvalue weighted by atomic mass is 16.2. The average Bonchev–Trinajstić information content (AvgIpc) is 2.47. The van der Waals surface area contributed by atoms with Crippen LogP contribution in [0.5, 0.6) is 0 Å². The number of hydrogen-bond acceptors (Lipinski definition) is 1. The van der Waals surface area contributed by atoms with Crippen LogP contribution in [0.3, 0.4) is 0 Å². The minimum absolute atomic E-state index is 0.214. The maximum absolute atomic E-state index is 9.22. The molecule has 0 heterocycles. The van der Waals surface area contributed by atoms with Crippen molar-refractivity contribution in [3.8, 4) is 0 Å². The van der Waals surface area contributed by atoms with Crippen molar-refractivity contribution in [2.75, 3.05) is 6.61 Å². The Bertz CT molecular complexity index is 711. The lowest BCUT2D eigenvalue weighted by Crippen LogP contribution is -1.93. The van der Waals surface area contributed by atoms with E-state index in [0.29, 0.717) is 0 Å². The molecule has 90 valence electrons. The van der Waals surface area contributed by atoms with E-state index >= 15 is 0 Å². The highest BCUT2D eigenvalue weighted by Gasteiger charge is 2.06. The van der Waals surface area contributed by atoms with Crippen molar-refractivity contribution in [2.24, 2.45) is 0 Å². The molecular weight excluding hydrogens is 220 g/mol. The number of rotatable bonds is 3. The van der Waals surface area contributed by atoms with E-state index in [-0.39, 0.29) is 6.42 Å². The first-order valence-corrected chi connectivity index (χ1v) is 6.11. The molecule has 3 aromatic carbocycles. The van der Waals surface area contributed by atoms with Crippen molar-refractivity contribution in [3.63, 3.8) is 0 Å². The van der Waals surface area contributed by atoms with Crippen LogP contribution in [-0.4, -0.2) is 11.7 Å². The Morgan fingerprint density at radius 1 is 0.889 bits per heavy atom. The Balaban J connectivity index is 2.33. The Kier molecular flexibility index (Phi) is 2.43. The van der Waals surface area contributed by atoms with Crippen molar-refractivity contribution in [3.05, 3.63) is 60.2 Å². The lowest BCUT2D eigenvalue weighted by molar-refractivity contribution is 0.289. The third-order valence-electron chi connectivity index (χ3n) is 3.30. The molecule has 1 nitrogen and oxygen atoms in total. The number of benzene rings is 3. The van der Waals surface area contributed by atoms with Gasteiger partial charge < -0.3 is 5.11 Å². The molecule has 0 spiro atoms. The van der Waals surface area contributed by atoms with Gasteiger partial charge in [-0.05, 0) is 46.0 Å². The van der Waals surface area contributed by atoms with Gasteiger partial charge in [0.2, 0.25) is 0 Å². The third kappa shape index (κ3) is 1.87. The van der Waals surface area contributed by atoms with Crippen molar-refractivity contribution in [2.45, 2.75) is 12.8 Å². The van der Waals surface area contributed by atoms with E-state index in [0.717, 1.165) is 27.1 Å². The maximum Gasteiger partial charge on any atom is 0.0434 e. The molecule has 1 heteroatoms. The molecule has 0 atom stereocenters. The normalized spacial score (nSPS) is 13.6. The van der Waals surface area contributed by atoms with E-state index in [1.54, 1.807) is 0 Å². The number of hydrogen-bond donors (Lipinski definition) is 1. The number of aryl methyl sites for hydroxylation is 1. The highest BCUT2D eigenvalue weighted by Crippen LogP contribution is 2.29. The van der Waals surface area contributed by atoms with Gasteiger partial charge in [0.05, 0.1) is 0 Å². The Morgan fingerprint density at radius 2 is 1.44 bits per heavy atom. The summed E-state index contributed by atoms with van der Waals surface area (Å²) in [5, 5.41) is 13.6. The number of aliphatic hydroxyl groups excluding tert-OH is 1. The lowest BCUT2D eigenvalue weighted by atomic mass is 9.94. The fourth-order valence-corrected chi connectivity index (χ4v) is 2.48. The van der Waals surface area contributed by atoms with Gasteiger partial charge in [0.1, 0.15) is 0 Å². The molecule has 0 aliphatic carbocycles. The van der Waals surface area contributed by atoms with E-state index in [2.05, 4.69) is 6.07 Å². The molecule has 18 heavy (non-hydrogen) atoms. The Morgan fingerprint density at radius 3 is 2.00 bits per heavy atom. The standard InChI is InChI=1S/C17H16O/c18-11-5-10-17-15-8-3-1-6-13(15)12-14-7-2-4-9-16(14)17/h1-4,6-9,12,18H,5,10-11H2/i5D2. The molecule has 0 unspecified atom stereocenters. The number of aliphatic hydroxyl groups is 1. The third-order valence-corrected chi connectivity index (χ3v) is 3.30. The zero-order chi connectivity index (χ0) is 14.2. The summed E-state index contributed by atoms with van der Waals surface area (Å²) < 4.78 is 15.8. The molecule has 0 aliphatic heterocycles. The summed E-state index contributed by atoms with van der Waals surface area (Å²) in [6.07, 6.45) is -1.39. The van der Waals surface area contributed by atoms with Crippen LogP contribution in [0.2, 0.25) is 0 Å². The summed E-state index contributed by atoms with van der Waals surface area (Å²) in [6.45, 7) is -0.468. The van der Waals surface area contributed by atoms with Gasteiger partial charge in [-0.15, -0.1) is 0 Å². The molecule has 0 bridgehead atoms. The second kappa shape index (κ2) is 4.79.